The molecule has 0 spiro atoms. The molecular formula is C19H29NO9. The van der Waals surface area contributed by atoms with Crippen molar-refractivity contribution in [2.45, 2.75) is 26.9 Å². The summed E-state index contributed by atoms with van der Waals surface area (Å²) in [7, 11) is 0. The fourth-order valence-electron chi connectivity index (χ4n) is 1.77. The van der Waals surface area contributed by atoms with Gasteiger partial charge in [0.2, 0.25) is 0 Å². The Kier molecular flexibility index (Phi) is 15.8. The zero-order chi connectivity index (χ0) is 21.9. The van der Waals surface area contributed by atoms with E-state index in [1.807, 2.05) is 6.92 Å². The molecule has 10 nitrogen and oxygen atoms in total. The lowest BCUT2D eigenvalue weighted by molar-refractivity contribution is -0.152. The maximum Gasteiger partial charge on any atom is 0.331 e. The molecule has 0 aromatic rings. The molecule has 0 aliphatic heterocycles. The zero-order valence-corrected chi connectivity index (χ0v) is 17.0. The third-order valence-electron chi connectivity index (χ3n) is 2.98. The number of carbonyl (C=O) groups is 4. The molecule has 0 heterocycles. The molecule has 0 saturated carbocycles. The Bertz CT molecular complexity index is 572. The molecule has 29 heavy (non-hydrogen) atoms. The molecule has 1 atom stereocenters. The van der Waals surface area contributed by atoms with Crippen LogP contribution in [0.2, 0.25) is 0 Å². The fourth-order valence-corrected chi connectivity index (χ4v) is 1.77. The summed E-state index contributed by atoms with van der Waals surface area (Å²) in [6.07, 6.45) is 2.90. The van der Waals surface area contributed by atoms with Crippen LogP contribution in [0.15, 0.2) is 24.3 Å². The van der Waals surface area contributed by atoms with Crippen LogP contribution in [0.3, 0.4) is 0 Å². The second kappa shape index (κ2) is 17.4. The number of esters is 4. The lowest BCUT2D eigenvalue weighted by Gasteiger charge is -2.17. The van der Waals surface area contributed by atoms with E-state index in [2.05, 4.69) is 14.8 Å². The average Bonchev–Trinajstić information content (AvgIpc) is 2.69. The predicted octanol–water partition coefficient (Wildman–Crippen LogP) is 0.306. The molecule has 1 N–H and O–H groups in total. The van der Waals surface area contributed by atoms with Crippen LogP contribution >= 0.6 is 0 Å². The van der Waals surface area contributed by atoms with Crippen LogP contribution in [0.1, 0.15) is 20.8 Å². The number of rotatable bonds is 15. The van der Waals surface area contributed by atoms with E-state index in [4.69, 9.17) is 14.2 Å². The Morgan fingerprint density at radius 2 is 1.28 bits per heavy atom. The van der Waals surface area contributed by atoms with Crippen molar-refractivity contribution in [1.82, 2.24) is 5.32 Å². The monoisotopic (exact) mass is 415 g/mol. The summed E-state index contributed by atoms with van der Waals surface area (Å²) in [5, 5.41) is 3.00. The lowest BCUT2D eigenvalue weighted by Crippen LogP contribution is -2.36. The Balaban J connectivity index is 4.62. The van der Waals surface area contributed by atoms with Crippen LogP contribution in [0.25, 0.3) is 0 Å². The highest BCUT2D eigenvalue weighted by Gasteiger charge is 2.15. The van der Waals surface area contributed by atoms with Crippen molar-refractivity contribution in [1.29, 1.82) is 0 Å². The SMILES string of the molecule is CCOCCNCC(COC(=O)/C=C/C(=O)OCC)OC(=O)/C=C/C(=O)OCC. The maximum absolute atomic E-state index is 11.8. The highest BCUT2D eigenvalue weighted by Crippen LogP contribution is 1.97. The normalized spacial score (nSPS) is 12.0. The number of hydrogen-bond acceptors (Lipinski definition) is 10. The van der Waals surface area contributed by atoms with Gasteiger partial charge < -0.3 is 29.0 Å². The fraction of sp³-hybridized carbons (Fsp3) is 0.579. The zero-order valence-electron chi connectivity index (χ0n) is 17.0. The van der Waals surface area contributed by atoms with Crippen molar-refractivity contribution in [3.8, 4) is 0 Å². The van der Waals surface area contributed by atoms with Crippen LogP contribution in [0.5, 0.6) is 0 Å². The first-order valence-electron chi connectivity index (χ1n) is 9.28. The molecule has 164 valence electrons. The molecule has 0 rings (SSSR count). The van der Waals surface area contributed by atoms with Gasteiger partial charge in [-0.25, -0.2) is 19.2 Å². The minimum Gasteiger partial charge on any atom is -0.463 e. The molecule has 10 heteroatoms. The molecule has 0 aromatic carbocycles. The standard InChI is InChI=1S/C19H29NO9/c1-4-25-12-11-20-13-15(29-19(24)10-9-17(22)27-6-3)14-28-18(23)8-7-16(21)26-5-2/h7-10,15,20H,4-6,11-14H2,1-3H3/b8-7+,10-9+. The minimum absolute atomic E-state index is 0.180. The van der Waals surface area contributed by atoms with Crippen molar-refractivity contribution in [2.24, 2.45) is 0 Å². The summed E-state index contributed by atoms with van der Waals surface area (Å²) in [6, 6.07) is 0. The van der Waals surface area contributed by atoms with Crippen molar-refractivity contribution in [2.75, 3.05) is 46.1 Å². The quantitative estimate of drug-likeness (QED) is 0.173. The van der Waals surface area contributed by atoms with Crippen molar-refractivity contribution in [3.63, 3.8) is 0 Å². The van der Waals surface area contributed by atoms with E-state index in [0.29, 0.717) is 19.8 Å². The second-order valence-electron chi connectivity index (χ2n) is 5.26. The highest BCUT2D eigenvalue weighted by molar-refractivity contribution is 5.92. The first-order chi connectivity index (χ1) is 13.9. The molecule has 1 unspecified atom stereocenters. The third-order valence-corrected chi connectivity index (χ3v) is 2.98. The van der Waals surface area contributed by atoms with Gasteiger partial charge in [0, 0.05) is 44.0 Å². The van der Waals surface area contributed by atoms with Crippen LogP contribution in [0.4, 0.5) is 0 Å². The van der Waals surface area contributed by atoms with Gasteiger partial charge in [0.05, 0.1) is 19.8 Å². The van der Waals surface area contributed by atoms with Gasteiger partial charge >= 0.3 is 23.9 Å². The number of nitrogens with one attached hydrogen (secondary N) is 1. The maximum atomic E-state index is 11.8. The van der Waals surface area contributed by atoms with Crippen LogP contribution < -0.4 is 5.32 Å². The van der Waals surface area contributed by atoms with E-state index in [1.54, 1.807) is 13.8 Å². The first kappa shape index (κ1) is 26.3. The average molecular weight is 415 g/mol. The molecule has 0 fully saturated rings. The molecule has 0 bridgehead atoms. The third kappa shape index (κ3) is 16.0. The minimum atomic E-state index is -0.823. The molecule has 0 radical (unpaired) electrons. The molecule has 0 saturated heterocycles. The van der Waals surface area contributed by atoms with E-state index in [-0.39, 0.29) is 26.4 Å². The molecule has 0 aromatic heterocycles. The van der Waals surface area contributed by atoms with Gasteiger partial charge in [-0.1, -0.05) is 0 Å². The summed E-state index contributed by atoms with van der Waals surface area (Å²) in [4.78, 5) is 45.9. The molecule has 0 amide bonds. The highest BCUT2D eigenvalue weighted by atomic mass is 16.6. The van der Waals surface area contributed by atoms with E-state index in [9.17, 15) is 19.2 Å². The Morgan fingerprint density at radius 1 is 0.759 bits per heavy atom. The summed E-state index contributed by atoms with van der Waals surface area (Å²) in [5.74, 6) is -2.94. The van der Waals surface area contributed by atoms with Gasteiger partial charge in [0.1, 0.15) is 12.7 Å². The second-order valence-corrected chi connectivity index (χ2v) is 5.26. The topological polar surface area (TPSA) is 126 Å². The van der Waals surface area contributed by atoms with Gasteiger partial charge in [-0.15, -0.1) is 0 Å². The van der Waals surface area contributed by atoms with Crippen LogP contribution in [-0.2, 0) is 42.9 Å². The van der Waals surface area contributed by atoms with E-state index < -0.39 is 30.0 Å². The van der Waals surface area contributed by atoms with Gasteiger partial charge in [-0.2, -0.15) is 0 Å². The van der Waals surface area contributed by atoms with Crippen molar-refractivity contribution >= 4 is 23.9 Å². The Morgan fingerprint density at radius 3 is 1.79 bits per heavy atom. The molecule has 0 aliphatic carbocycles. The largest absolute Gasteiger partial charge is 0.463 e. The molecular weight excluding hydrogens is 386 g/mol. The van der Waals surface area contributed by atoms with E-state index in [1.165, 1.54) is 0 Å². The van der Waals surface area contributed by atoms with Crippen molar-refractivity contribution in [3.05, 3.63) is 24.3 Å². The van der Waals surface area contributed by atoms with E-state index in [0.717, 1.165) is 24.3 Å². The smallest absolute Gasteiger partial charge is 0.331 e. The number of carbonyl (C=O) groups excluding carboxylic acids is 4. The molecule has 0 aliphatic rings. The number of ether oxygens (including phenoxy) is 5. The predicted molar refractivity (Wildman–Crippen MR) is 102 cm³/mol. The lowest BCUT2D eigenvalue weighted by atomic mass is 10.3. The van der Waals surface area contributed by atoms with E-state index >= 15 is 0 Å². The first-order valence-corrected chi connectivity index (χ1v) is 9.28. The summed E-state index contributed by atoms with van der Waals surface area (Å²) in [5.41, 5.74) is 0. The summed E-state index contributed by atoms with van der Waals surface area (Å²) in [6.45, 7) is 6.96. The summed E-state index contributed by atoms with van der Waals surface area (Å²) >= 11 is 0. The van der Waals surface area contributed by atoms with Gasteiger partial charge in [-0.3, -0.25) is 0 Å². The van der Waals surface area contributed by atoms with Gasteiger partial charge in [0.15, 0.2) is 0 Å². The van der Waals surface area contributed by atoms with Crippen LogP contribution in [-0.4, -0.2) is 76.1 Å². The van der Waals surface area contributed by atoms with Gasteiger partial charge in [0.25, 0.3) is 0 Å². The van der Waals surface area contributed by atoms with Crippen molar-refractivity contribution < 1.29 is 42.9 Å². The Labute approximate surface area is 170 Å². The summed E-state index contributed by atoms with van der Waals surface area (Å²) < 4.78 is 24.7. The Hall–Kier alpha value is -2.72. The van der Waals surface area contributed by atoms with Gasteiger partial charge in [-0.05, 0) is 20.8 Å². The number of hydrogen-bond donors (Lipinski definition) is 1. The van der Waals surface area contributed by atoms with Crippen LogP contribution in [0, 0.1) is 0 Å².